The van der Waals surface area contributed by atoms with Gasteiger partial charge in [-0.05, 0) is 18.6 Å². The molecule has 0 radical (unpaired) electrons. The smallest absolute Gasteiger partial charge is 0.148 e. The van der Waals surface area contributed by atoms with Gasteiger partial charge in [-0.3, -0.25) is 5.73 Å². The van der Waals surface area contributed by atoms with E-state index in [1.807, 2.05) is 0 Å². The fourth-order valence-electron chi connectivity index (χ4n) is 1.40. The zero-order valence-corrected chi connectivity index (χ0v) is 7.81. The van der Waals surface area contributed by atoms with E-state index >= 15 is 0 Å². The van der Waals surface area contributed by atoms with Crippen molar-refractivity contribution in [1.29, 1.82) is 0 Å². The summed E-state index contributed by atoms with van der Waals surface area (Å²) < 4.78 is 18.3. The molecule has 1 atom stereocenters. The van der Waals surface area contributed by atoms with Crippen molar-refractivity contribution in [3.05, 3.63) is 29.6 Å². The maximum absolute atomic E-state index is 13.1. The Morgan fingerprint density at radius 1 is 1.46 bits per heavy atom. The fraction of sp³-hybridized carbons (Fsp3) is 0.333. The van der Waals surface area contributed by atoms with Gasteiger partial charge in [0, 0.05) is 12.0 Å². The lowest BCUT2D eigenvalue weighted by Gasteiger charge is -2.22. The maximum Gasteiger partial charge on any atom is 0.148 e. The van der Waals surface area contributed by atoms with Gasteiger partial charge in [-0.2, -0.15) is 0 Å². The molecule has 0 saturated carbocycles. The summed E-state index contributed by atoms with van der Waals surface area (Å²) in [5.74, 6) is 0.396. The number of halogens is 2. The largest absolute Gasteiger partial charge is 0.475 e. The van der Waals surface area contributed by atoms with Crippen molar-refractivity contribution in [3.8, 4) is 5.75 Å². The monoisotopic (exact) mass is 203 g/mol. The van der Waals surface area contributed by atoms with Crippen LogP contribution in [0.25, 0.3) is 0 Å². The molecule has 4 heteroatoms. The van der Waals surface area contributed by atoms with Gasteiger partial charge in [0.2, 0.25) is 0 Å². The van der Waals surface area contributed by atoms with Gasteiger partial charge in [-0.1, -0.05) is 6.07 Å². The topological polar surface area (TPSA) is 35.2 Å². The molecule has 0 aliphatic carbocycles. The average Bonchev–Trinajstić information content (AvgIpc) is 2.04. The summed E-state index contributed by atoms with van der Waals surface area (Å²) in [6, 6.07) is 4.82. The highest BCUT2D eigenvalue weighted by molar-refractivity contribution is 5.85. The second-order valence-electron chi connectivity index (χ2n) is 2.91. The lowest BCUT2D eigenvalue weighted by Crippen LogP contribution is -2.31. The van der Waals surface area contributed by atoms with E-state index < -0.39 is 0 Å². The van der Waals surface area contributed by atoms with E-state index in [-0.39, 0.29) is 24.5 Å². The summed E-state index contributed by atoms with van der Waals surface area (Å²) in [5, 5.41) is 0. The van der Waals surface area contributed by atoms with Gasteiger partial charge in [0.1, 0.15) is 17.8 Å². The minimum Gasteiger partial charge on any atom is -0.475 e. The molecule has 1 aliphatic heterocycles. The molecular weight excluding hydrogens is 193 g/mol. The highest BCUT2D eigenvalue weighted by atomic mass is 35.5. The first-order valence-electron chi connectivity index (χ1n) is 3.97. The number of fused-ring (bicyclic) bond motifs is 1. The number of ether oxygens (including phenoxy) is 1. The molecule has 0 fully saturated rings. The van der Waals surface area contributed by atoms with Gasteiger partial charge in [-0.15, -0.1) is 12.4 Å². The molecule has 0 saturated heterocycles. The molecule has 13 heavy (non-hydrogen) atoms. The van der Waals surface area contributed by atoms with Crippen LogP contribution in [0.5, 0.6) is 5.75 Å². The van der Waals surface area contributed by atoms with Crippen molar-refractivity contribution in [2.75, 3.05) is 0 Å². The predicted molar refractivity (Wildman–Crippen MR) is 50.6 cm³/mol. The molecule has 1 aromatic rings. The third-order valence-electron chi connectivity index (χ3n) is 2.03. The standard InChI is InChI=1S/C9H10FNO.ClH/c10-7-2-1-3-8-6(7)4-5-9(11)12-8;/h1-3,9H,4-5,11H2;1H. The minimum absolute atomic E-state index is 0. The quantitative estimate of drug-likeness (QED) is 0.699. The molecule has 1 heterocycles. The van der Waals surface area contributed by atoms with Gasteiger partial charge in [0.15, 0.2) is 0 Å². The molecule has 72 valence electrons. The zero-order chi connectivity index (χ0) is 8.55. The summed E-state index contributed by atoms with van der Waals surface area (Å²) in [7, 11) is 0. The normalized spacial score (nSPS) is 19.7. The van der Waals surface area contributed by atoms with Crippen molar-refractivity contribution in [1.82, 2.24) is 0 Å². The van der Waals surface area contributed by atoms with Crippen LogP contribution in [0.2, 0.25) is 0 Å². The summed E-state index contributed by atoms with van der Waals surface area (Å²) in [6.07, 6.45) is 1.08. The number of hydrogen-bond acceptors (Lipinski definition) is 2. The van der Waals surface area contributed by atoms with Crippen LogP contribution in [0.1, 0.15) is 12.0 Å². The number of benzene rings is 1. The highest BCUT2D eigenvalue weighted by Crippen LogP contribution is 2.27. The van der Waals surface area contributed by atoms with Crippen LogP contribution in [0.4, 0.5) is 4.39 Å². The lowest BCUT2D eigenvalue weighted by molar-refractivity contribution is 0.178. The van der Waals surface area contributed by atoms with Crippen LogP contribution in [0.15, 0.2) is 18.2 Å². The molecule has 1 unspecified atom stereocenters. The lowest BCUT2D eigenvalue weighted by atomic mass is 10.0. The average molecular weight is 204 g/mol. The van der Waals surface area contributed by atoms with Gasteiger partial charge in [-0.25, -0.2) is 4.39 Å². The minimum atomic E-state index is -0.278. The van der Waals surface area contributed by atoms with E-state index in [0.29, 0.717) is 24.2 Å². The number of rotatable bonds is 0. The molecule has 0 bridgehead atoms. The predicted octanol–water partition coefficient (Wildman–Crippen LogP) is 1.86. The third kappa shape index (κ3) is 1.92. The summed E-state index contributed by atoms with van der Waals surface area (Å²) in [4.78, 5) is 0. The van der Waals surface area contributed by atoms with Crippen LogP contribution in [0, 0.1) is 5.82 Å². The molecule has 2 rings (SSSR count). The SMILES string of the molecule is Cl.NC1CCc2c(F)cccc2O1. The number of hydrogen-bond donors (Lipinski definition) is 1. The Labute approximate surface area is 82.3 Å². The van der Waals surface area contributed by atoms with Crippen molar-refractivity contribution < 1.29 is 9.13 Å². The van der Waals surface area contributed by atoms with Crippen molar-refractivity contribution >= 4 is 12.4 Å². The fourth-order valence-corrected chi connectivity index (χ4v) is 1.40. The molecule has 2 nitrogen and oxygen atoms in total. The first-order valence-corrected chi connectivity index (χ1v) is 3.97. The Morgan fingerprint density at radius 2 is 2.23 bits per heavy atom. The van der Waals surface area contributed by atoms with Crippen LogP contribution in [-0.4, -0.2) is 6.23 Å². The van der Waals surface area contributed by atoms with E-state index in [4.69, 9.17) is 10.5 Å². The van der Waals surface area contributed by atoms with Crippen LogP contribution in [-0.2, 0) is 6.42 Å². The molecule has 0 amide bonds. The second-order valence-corrected chi connectivity index (χ2v) is 2.91. The van der Waals surface area contributed by atoms with Crippen LogP contribution < -0.4 is 10.5 Å². The van der Waals surface area contributed by atoms with Crippen molar-refractivity contribution in [2.45, 2.75) is 19.1 Å². The van der Waals surface area contributed by atoms with E-state index in [0.717, 1.165) is 0 Å². The second kappa shape index (κ2) is 3.94. The van der Waals surface area contributed by atoms with E-state index in [9.17, 15) is 4.39 Å². The third-order valence-corrected chi connectivity index (χ3v) is 2.03. The van der Waals surface area contributed by atoms with Crippen molar-refractivity contribution in [3.63, 3.8) is 0 Å². The van der Waals surface area contributed by atoms with Gasteiger partial charge >= 0.3 is 0 Å². The molecule has 2 N–H and O–H groups in total. The Morgan fingerprint density at radius 3 is 3.00 bits per heavy atom. The Balaban J connectivity index is 0.000000845. The summed E-state index contributed by atoms with van der Waals surface area (Å²) in [6.45, 7) is 0. The Hall–Kier alpha value is -0.800. The first kappa shape index (κ1) is 10.3. The highest BCUT2D eigenvalue weighted by Gasteiger charge is 2.18. The number of nitrogens with two attached hydrogens (primary N) is 1. The van der Waals surface area contributed by atoms with E-state index in [1.54, 1.807) is 12.1 Å². The molecule has 1 aliphatic rings. The molecule has 0 spiro atoms. The zero-order valence-electron chi connectivity index (χ0n) is 7.00. The van der Waals surface area contributed by atoms with E-state index in [2.05, 4.69) is 0 Å². The Kier molecular flexibility index (Phi) is 3.12. The molecule has 1 aromatic carbocycles. The molecule has 0 aromatic heterocycles. The summed E-state index contributed by atoms with van der Waals surface area (Å²) in [5.41, 5.74) is 6.21. The van der Waals surface area contributed by atoms with Crippen LogP contribution >= 0.6 is 12.4 Å². The van der Waals surface area contributed by atoms with Gasteiger partial charge in [0.05, 0.1) is 0 Å². The first-order chi connectivity index (χ1) is 5.77. The van der Waals surface area contributed by atoms with Gasteiger partial charge < -0.3 is 4.74 Å². The molecular formula is C9H11ClFNO. The van der Waals surface area contributed by atoms with E-state index in [1.165, 1.54) is 6.07 Å². The summed E-state index contributed by atoms with van der Waals surface area (Å²) >= 11 is 0. The van der Waals surface area contributed by atoms with Crippen LogP contribution in [0.3, 0.4) is 0 Å². The van der Waals surface area contributed by atoms with Gasteiger partial charge in [0.25, 0.3) is 0 Å². The maximum atomic E-state index is 13.1. The van der Waals surface area contributed by atoms with Crippen molar-refractivity contribution in [2.24, 2.45) is 5.73 Å². The Bertz CT molecular complexity index is 306.